The molecule has 94 valence electrons. The van der Waals surface area contributed by atoms with Crippen LogP contribution in [0.5, 0.6) is 0 Å². The maximum atomic E-state index is 10.9. The molecule has 3 heteroatoms. The Morgan fingerprint density at radius 2 is 1.88 bits per heavy atom. The van der Waals surface area contributed by atoms with E-state index in [1.807, 2.05) is 37.3 Å². The average molecular weight is 236 g/mol. The zero-order valence-corrected chi connectivity index (χ0v) is 10.3. The minimum absolute atomic E-state index is 0.166. The van der Waals surface area contributed by atoms with E-state index in [0.29, 0.717) is 12.8 Å². The summed E-state index contributed by atoms with van der Waals surface area (Å²) in [7, 11) is 0. The largest absolute Gasteiger partial charge is 0.481 e. The number of aliphatic carboxylic acids is 1. The third-order valence-electron chi connectivity index (χ3n) is 3.19. The standard InChI is InChI=1S/C14H20O3/c1-3-12(14(16)17)13(15)9-10(2)11-7-5-4-6-8-11/h4-8,10,12-13,15H,3,9H2,1-2H3,(H,16,17). The van der Waals surface area contributed by atoms with Crippen LogP contribution in [-0.4, -0.2) is 22.3 Å². The predicted molar refractivity (Wildman–Crippen MR) is 66.9 cm³/mol. The maximum absolute atomic E-state index is 10.9. The number of hydrogen-bond donors (Lipinski definition) is 2. The molecular weight excluding hydrogens is 216 g/mol. The Morgan fingerprint density at radius 1 is 1.29 bits per heavy atom. The van der Waals surface area contributed by atoms with Gasteiger partial charge in [0.25, 0.3) is 0 Å². The molecule has 0 radical (unpaired) electrons. The molecule has 0 aromatic heterocycles. The van der Waals surface area contributed by atoms with Crippen molar-refractivity contribution in [3.63, 3.8) is 0 Å². The lowest BCUT2D eigenvalue weighted by atomic mass is 9.88. The molecule has 17 heavy (non-hydrogen) atoms. The van der Waals surface area contributed by atoms with Gasteiger partial charge >= 0.3 is 5.97 Å². The molecule has 3 unspecified atom stereocenters. The van der Waals surface area contributed by atoms with Crippen molar-refractivity contribution in [3.05, 3.63) is 35.9 Å². The first-order chi connectivity index (χ1) is 8.06. The summed E-state index contributed by atoms with van der Waals surface area (Å²) in [4.78, 5) is 10.9. The van der Waals surface area contributed by atoms with E-state index in [1.54, 1.807) is 6.92 Å². The average Bonchev–Trinajstić information content (AvgIpc) is 2.30. The van der Waals surface area contributed by atoms with E-state index < -0.39 is 18.0 Å². The van der Waals surface area contributed by atoms with Crippen LogP contribution >= 0.6 is 0 Å². The van der Waals surface area contributed by atoms with Crippen molar-refractivity contribution in [2.45, 2.75) is 38.7 Å². The fourth-order valence-electron chi connectivity index (χ4n) is 2.06. The lowest BCUT2D eigenvalue weighted by Gasteiger charge is -2.21. The fourth-order valence-corrected chi connectivity index (χ4v) is 2.06. The molecule has 2 N–H and O–H groups in total. The van der Waals surface area contributed by atoms with Crippen molar-refractivity contribution in [1.82, 2.24) is 0 Å². The second-order valence-electron chi connectivity index (χ2n) is 4.47. The number of carbonyl (C=O) groups is 1. The lowest BCUT2D eigenvalue weighted by Crippen LogP contribution is -2.28. The molecule has 0 amide bonds. The van der Waals surface area contributed by atoms with Crippen molar-refractivity contribution in [1.29, 1.82) is 0 Å². The highest BCUT2D eigenvalue weighted by Gasteiger charge is 2.26. The topological polar surface area (TPSA) is 57.5 Å². The summed E-state index contributed by atoms with van der Waals surface area (Å²) in [5.41, 5.74) is 1.13. The van der Waals surface area contributed by atoms with Crippen molar-refractivity contribution >= 4 is 5.97 Å². The van der Waals surface area contributed by atoms with Crippen LogP contribution in [0.4, 0.5) is 0 Å². The molecule has 1 aromatic rings. The van der Waals surface area contributed by atoms with Gasteiger partial charge in [-0.05, 0) is 24.3 Å². The quantitative estimate of drug-likeness (QED) is 0.798. The van der Waals surface area contributed by atoms with Crippen LogP contribution < -0.4 is 0 Å². The molecule has 0 saturated carbocycles. The van der Waals surface area contributed by atoms with Crippen molar-refractivity contribution in [2.75, 3.05) is 0 Å². The summed E-state index contributed by atoms with van der Waals surface area (Å²) >= 11 is 0. The number of rotatable bonds is 6. The fraction of sp³-hybridized carbons (Fsp3) is 0.500. The number of aliphatic hydroxyl groups excluding tert-OH is 1. The van der Waals surface area contributed by atoms with Gasteiger partial charge < -0.3 is 10.2 Å². The van der Waals surface area contributed by atoms with E-state index in [2.05, 4.69) is 0 Å². The Balaban J connectivity index is 2.62. The maximum Gasteiger partial charge on any atom is 0.309 e. The summed E-state index contributed by atoms with van der Waals surface area (Å²) in [5, 5.41) is 18.9. The van der Waals surface area contributed by atoms with Gasteiger partial charge in [0, 0.05) is 0 Å². The number of benzene rings is 1. The minimum Gasteiger partial charge on any atom is -0.481 e. The Hall–Kier alpha value is -1.35. The molecule has 0 aliphatic carbocycles. The predicted octanol–water partition coefficient (Wildman–Crippen LogP) is 2.65. The summed E-state index contributed by atoms with van der Waals surface area (Å²) in [6, 6.07) is 9.84. The van der Waals surface area contributed by atoms with E-state index in [1.165, 1.54) is 0 Å². The van der Waals surface area contributed by atoms with Gasteiger partial charge in [0.05, 0.1) is 12.0 Å². The van der Waals surface area contributed by atoms with E-state index in [0.717, 1.165) is 5.56 Å². The van der Waals surface area contributed by atoms with Crippen LogP contribution in [0.3, 0.4) is 0 Å². The summed E-state index contributed by atoms with van der Waals surface area (Å²) in [6.45, 7) is 3.79. The molecule has 0 bridgehead atoms. The molecule has 0 aliphatic heterocycles. The van der Waals surface area contributed by atoms with Crippen molar-refractivity contribution in [3.8, 4) is 0 Å². The zero-order chi connectivity index (χ0) is 12.8. The first-order valence-electron chi connectivity index (χ1n) is 6.02. The van der Waals surface area contributed by atoms with Gasteiger partial charge in [-0.2, -0.15) is 0 Å². The molecular formula is C14H20O3. The SMILES string of the molecule is CCC(C(=O)O)C(O)CC(C)c1ccccc1. The van der Waals surface area contributed by atoms with Crippen LogP contribution in [-0.2, 0) is 4.79 Å². The minimum atomic E-state index is -0.916. The summed E-state index contributed by atoms with van der Waals surface area (Å²) < 4.78 is 0. The molecule has 0 heterocycles. The van der Waals surface area contributed by atoms with Crippen LogP contribution in [0.2, 0.25) is 0 Å². The number of hydrogen-bond acceptors (Lipinski definition) is 2. The van der Waals surface area contributed by atoms with Gasteiger partial charge in [0.15, 0.2) is 0 Å². The van der Waals surface area contributed by atoms with Crippen LogP contribution in [0.25, 0.3) is 0 Å². The Kier molecular flexibility index (Phi) is 5.16. The second kappa shape index (κ2) is 6.40. The highest BCUT2D eigenvalue weighted by Crippen LogP contribution is 2.24. The molecule has 1 rings (SSSR count). The third-order valence-corrected chi connectivity index (χ3v) is 3.19. The summed E-state index contributed by atoms with van der Waals surface area (Å²) in [5.74, 6) is -1.42. The van der Waals surface area contributed by atoms with Crippen LogP contribution in [0.15, 0.2) is 30.3 Å². The Bertz CT molecular complexity index is 348. The van der Waals surface area contributed by atoms with Gasteiger partial charge in [-0.25, -0.2) is 0 Å². The van der Waals surface area contributed by atoms with Crippen LogP contribution in [0, 0.1) is 5.92 Å². The highest BCUT2D eigenvalue weighted by molar-refractivity contribution is 5.70. The molecule has 3 atom stereocenters. The molecule has 3 nitrogen and oxygen atoms in total. The van der Waals surface area contributed by atoms with E-state index in [9.17, 15) is 9.90 Å². The van der Waals surface area contributed by atoms with Crippen molar-refractivity contribution < 1.29 is 15.0 Å². The Morgan fingerprint density at radius 3 is 2.35 bits per heavy atom. The summed E-state index contributed by atoms with van der Waals surface area (Å²) in [6.07, 6.45) is 0.153. The third kappa shape index (κ3) is 3.86. The molecule has 0 saturated heterocycles. The van der Waals surface area contributed by atoms with Gasteiger partial charge in [-0.15, -0.1) is 0 Å². The van der Waals surface area contributed by atoms with Crippen molar-refractivity contribution in [2.24, 2.45) is 5.92 Å². The molecule has 1 aromatic carbocycles. The monoisotopic (exact) mass is 236 g/mol. The van der Waals surface area contributed by atoms with E-state index >= 15 is 0 Å². The Labute approximate surface area is 102 Å². The van der Waals surface area contributed by atoms with Gasteiger partial charge in [0.1, 0.15) is 0 Å². The molecule has 0 aliphatic rings. The smallest absolute Gasteiger partial charge is 0.309 e. The highest BCUT2D eigenvalue weighted by atomic mass is 16.4. The van der Waals surface area contributed by atoms with Gasteiger partial charge in [-0.3, -0.25) is 4.79 Å². The van der Waals surface area contributed by atoms with Crippen LogP contribution in [0.1, 0.15) is 38.2 Å². The number of carboxylic acids is 1. The number of carboxylic acid groups (broad SMARTS) is 1. The van der Waals surface area contributed by atoms with Gasteiger partial charge in [-0.1, -0.05) is 44.2 Å². The second-order valence-corrected chi connectivity index (χ2v) is 4.47. The normalized spacial score (nSPS) is 16.2. The van der Waals surface area contributed by atoms with E-state index in [-0.39, 0.29) is 5.92 Å². The van der Waals surface area contributed by atoms with E-state index in [4.69, 9.17) is 5.11 Å². The molecule has 0 spiro atoms. The zero-order valence-electron chi connectivity index (χ0n) is 10.3. The molecule has 0 fully saturated rings. The van der Waals surface area contributed by atoms with Gasteiger partial charge in [0.2, 0.25) is 0 Å². The number of aliphatic hydroxyl groups is 1. The first kappa shape index (κ1) is 13.7. The first-order valence-corrected chi connectivity index (χ1v) is 6.02. The lowest BCUT2D eigenvalue weighted by molar-refractivity contribution is -0.146.